The molecular weight excluding hydrogens is 270 g/mol. The van der Waals surface area contributed by atoms with Gasteiger partial charge in [-0.2, -0.15) is 0 Å². The summed E-state index contributed by atoms with van der Waals surface area (Å²) in [6, 6.07) is 5.70. The number of carboxylic acids is 1. The molecule has 1 rings (SSSR count). The Morgan fingerprint density at radius 2 is 2.10 bits per heavy atom. The van der Waals surface area contributed by atoms with E-state index in [1.807, 2.05) is 32.0 Å². The zero-order valence-corrected chi connectivity index (χ0v) is 12.3. The number of hydrogen-bond donors (Lipinski definition) is 1. The van der Waals surface area contributed by atoms with E-state index < -0.39 is 12.5 Å². The molecule has 0 fully saturated rings. The molecule has 0 spiro atoms. The normalized spacial score (nSPS) is 9.76. The molecule has 0 heterocycles. The number of terminal acetylenes is 1. The average molecular weight is 289 g/mol. The van der Waals surface area contributed by atoms with Crippen LogP contribution in [-0.2, 0) is 9.59 Å². The van der Waals surface area contributed by atoms with Crippen molar-refractivity contribution in [1.82, 2.24) is 4.90 Å². The van der Waals surface area contributed by atoms with Gasteiger partial charge in [0.1, 0.15) is 12.3 Å². The number of aryl methyl sites for hydroxylation is 1. The monoisotopic (exact) mass is 289 g/mol. The summed E-state index contributed by atoms with van der Waals surface area (Å²) in [5, 5.41) is 8.74. The highest BCUT2D eigenvalue weighted by Gasteiger charge is 2.15. The van der Waals surface area contributed by atoms with Crippen LogP contribution in [0.15, 0.2) is 18.2 Å². The third-order valence-electron chi connectivity index (χ3n) is 3.09. The summed E-state index contributed by atoms with van der Waals surface area (Å²) >= 11 is 0. The maximum absolute atomic E-state index is 11.9. The lowest BCUT2D eigenvalue weighted by molar-refractivity contribution is -0.144. The first-order valence-corrected chi connectivity index (χ1v) is 6.57. The molecule has 0 aliphatic rings. The van der Waals surface area contributed by atoms with Gasteiger partial charge in [-0.15, -0.1) is 6.42 Å². The average Bonchev–Trinajstić information content (AvgIpc) is 2.42. The molecule has 0 atom stereocenters. The van der Waals surface area contributed by atoms with E-state index >= 15 is 0 Å². The minimum absolute atomic E-state index is 0.0192. The summed E-state index contributed by atoms with van der Waals surface area (Å²) in [5.41, 5.74) is 2.13. The number of hydrogen-bond acceptors (Lipinski definition) is 3. The van der Waals surface area contributed by atoms with E-state index in [4.69, 9.17) is 16.3 Å². The Labute approximate surface area is 124 Å². The van der Waals surface area contributed by atoms with Gasteiger partial charge in [0.15, 0.2) is 0 Å². The van der Waals surface area contributed by atoms with Gasteiger partial charge in [-0.25, -0.2) is 0 Å². The number of ether oxygens (including phenoxy) is 1. The van der Waals surface area contributed by atoms with E-state index in [0.717, 1.165) is 21.8 Å². The Hall–Kier alpha value is -2.48. The van der Waals surface area contributed by atoms with Crippen LogP contribution in [-0.4, -0.2) is 41.6 Å². The predicted molar refractivity (Wildman–Crippen MR) is 79.1 cm³/mol. The number of carbonyl (C=O) groups excluding carboxylic acids is 1. The van der Waals surface area contributed by atoms with Crippen molar-refractivity contribution in [3.05, 3.63) is 29.3 Å². The number of amides is 1. The fourth-order valence-corrected chi connectivity index (χ4v) is 1.79. The zero-order valence-electron chi connectivity index (χ0n) is 12.3. The highest BCUT2D eigenvalue weighted by molar-refractivity contribution is 5.81. The van der Waals surface area contributed by atoms with Crippen molar-refractivity contribution in [1.29, 1.82) is 0 Å². The van der Waals surface area contributed by atoms with Crippen LogP contribution < -0.4 is 4.74 Å². The molecule has 1 aromatic carbocycles. The van der Waals surface area contributed by atoms with Gasteiger partial charge in [0.25, 0.3) is 0 Å². The van der Waals surface area contributed by atoms with E-state index in [9.17, 15) is 9.59 Å². The van der Waals surface area contributed by atoms with Crippen molar-refractivity contribution >= 4 is 11.9 Å². The summed E-state index contributed by atoms with van der Waals surface area (Å²) in [4.78, 5) is 23.7. The van der Waals surface area contributed by atoms with Crippen molar-refractivity contribution in [3.8, 4) is 18.1 Å². The topological polar surface area (TPSA) is 66.8 Å². The molecule has 0 bridgehead atoms. The summed E-state index contributed by atoms with van der Waals surface area (Å²) in [7, 11) is 0. The van der Waals surface area contributed by atoms with Crippen LogP contribution in [0.3, 0.4) is 0 Å². The predicted octanol–water partition coefficient (Wildman–Crippen LogP) is 1.62. The second-order valence-electron chi connectivity index (χ2n) is 4.64. The smallest absolute Gasteiger partial charge is 0.323 e. The maximum Gasteiger partial charge on any atom is 0.323 e. The largest absolute Gasteiger partial charge is 0.493 e. The van der Waals surface area contributed by atoms with E-state index in [-0.39, 0.29) is 25.5 Å². The van der Waals surface area contributed by atoms with Crippen molar-refractivity contribution in [2.75, 3.05) is 19.7 Å². The van der Waals surface area contributed by atoms with Crippen LogP contribution in [0.25, 0.3) is 0 Å². The van der Waals surface area contributed by atoms with Gasteiger partial charge in [-0.3, -0.25) is 9.59 Å². The molecular formula is C16H19NO4. The Morgan fingerprint density at radius 3 is 2.71 bits per heavy atom. The number of nitrogens with zero attached hydrogens (tertiary/aromatic N) is 1. The number of carboxylic acid groups (broad SMARTS) is 1. The fourth-order valence-electron chi connectivity index (χ4n) is 1.79. The molecule has 1 aromatic rings. The number of aliphatic carboxylic acids is 1. The second-order valence-corrected chi connectivity index (χ2v) is 4.64. The highest BCUT2D eigenvalue weighted by atomic mass is 16.5. The molecule has 0 unspecified atom stereocenters. The minimum atomic E-state index is -1.09. The standard InChI is InChI=1S/C16H19NO4/c1-4-9-17(11-16(19)20)15(18)8-10-21-14-7-5-6-12(2)13(14)3/h1,5-7H,8-11H2,2-3H3,(H,19,20). The lowest BCUT2D eigenvalue weighted by Gasteiger charge is -2.18. The molecule has 0 aliphatic heterocycles. The van der Waals surface area contributed by atoms with Gasteiger partial charge < -0.3 is 14.7 Å². The zero-order chi connectivity index (χ0) is 15.8. The van der Waals surface area contributed by atoms with E-state index in [2.05, 4.69) is 5.92 Å². The van der Waals surface area contributed by atoms with E-state index in [0.29, 0.717) is 0 Å². The first-order valence-electron chi connectivity index (χ1n) is 6.57. The summed E-state index contributed by atoms with van der Waals surface area (Å²) in [5.74, 6) is 1.58. The van der Waals surface area contributed by atoms with Gasteiger partial charge in [-0.05, 0) is 31.0 Å². The van der Waals surface area contributed by atoms with Crippen LogP contribution in [0.5, 0.6) is 5.75 Å². The minimum Gasteiger partial charge on any atom is -0.493 e. The van der Waals surface area contributed by atoms with Crippen molar-refractivity contribution in [2.45, 2.75) is 20.3 Å². The lowest BCUT2D eigenvalue weighted by atomic mass is 10.1. The third kappa shape index (κ3) is 5.19. The molecule has 0 saturated carbocycles. The summed E-state index contributed by atoms with van der Waals surface area (Å²) in [6.07, 6.45) is 5.22. The Morgan fingerprint density at radius 1 is 1.38 bits per heavy atom. The van der Waals surface area contributed by atoms with Crippen molar-refractivity contribution < 1.29 is 19.4 Å². The van der Waals surface area contributed by atoms with E-state index in [1.54, 1.807) is 0 Å². The van der Waals surface area contributed by atoms with Gasteiger partial charge in [0.05, 0.1) is 19.6 Å². The molecule has 5 heteroatoms. The lowest BCUT2D eigenvalue weighted by Crippen LogP contribution is -2.36. The maximum atomic E-state index is 11.9. The molecule has 0 saturated heterocycles. The first-order chi connectivity index (χ1) is 9.95. The van der Waals surface area contributed by atoms with Gasteiger partial charge in [-0.1, -0.05) is 18.1 Å². The molecule has 1 amide bonds. The molecule has 5 nitrogen and oxygen atoms in total. The Kier molecular flexibility index (Phi) is 6.28. The Balaban J connectivity index is 2.54. The molecule has 112 valence electrons. The summed E-state index contributed by atoms with van der Waals surface area (Å²) < 4.78 is 5.57. The van der Waals surface area contributed by atoms with Gasteiger partial charge in [0, 0.05) is 0 Å². The van der Waals surface area contributed by atoms with Crippen molar-refractivity contribution in [2.24, 2.45) is 0 Å². The van der Waals surface area contributed by atoms with Crippen LogP contribution >= 0.6 is 0 Å². The molecule has 21 heavy (non-hydrogen) atoms. The quantitative estimate of drug-likeness (QED) is 0.775. The molecule has 0 aliphatic carbocycles. The van der Waals surface area contributed by atoms with Crippen LogP contribution in [0.4, 0.5) is 0 Å². The molecule has 0 aromatic heterocycles. The molecule has 0 radical (unpaired) electrons. The Bertz CT molecular complexity index is 560. The van der Waals surface area contributed by atoms with Crippen LogP contribution in [0.2, 0.25) is 0 Å². The highest BCUT2D eigenvalue weighted by Crippen LogP contribution is 2.20. The second kappa shape index (κ2) is 7.95. The van der Waals surface area contributed by atoms with Crippen LogP contribution in [0, 0.1) is 26.2 Å². The van der Waals surface area contributed by atoms with Gasteiger partial charge in [0.2, 0.25) is 5.91 Å². The third-order valence-corrected chi connectivity index (χ3v) is 3.09. The van der Waals surface area contributed by atoms with Crippen LogP contribution in [0.1, 0.15) is 17.5 Å². The molecule has 1 N–H and O–H groups in total. The first kappa shape index (κ1) is 16.6. The fraction of sp³-hybridized carbons (Fsp3) is 0.375. The number of carbonyl (C=O) groups is 2. The van der Waals surface area contributed by atoms with E-state index in [1.165, 1.54) is 0 Å². The SMILES string of the molecule is C#CCN(CC(=O)O)C(=O)CCOc1cccc(C)c1C. The van der Waals surface area contributed by atoms with Crippen molar-refractivity contribution in [3.63, 3.8) is 0 Å². The number of rotatable bonds is 7. The summed E-state index contributed by atoms with van der Waals surface area (Å²) in [6.45, 7) is 3.70. The number of benzene rings is 1. The van der Waals surface area contributed by atoms with Gasteiger partial charge >= 0.3 is 5.97 Å².